The molecule has 31 heavy (non-hydrogen) atoms. The molecule has 0 saturated carbocycles. The normalized spacial score (nSPS) is 15.3. The minimum atomic E-state index is -3.82. The molecule has 0 radical (unpaired) electrons. The number of methoxy groups -OCH3 is 1. The van der Waals surface area contributed by atoms with Crippen molar-refractivity contribution in [2.75, 3.05) is 25.5 Å². The van der Waals surface area contributed by atoms with Crippen LogP contribution in [0.2, 0.25) is 5.02 Å². The van der Waals surface area contributed by atoms with Gasteiger partial charge in [-0.1, -0.05) is 23.7 Å². The standard InChI is InChI=1S/C21H23ClN2O6S/c1-14(20(25)23-17-7-3-4-8-18(17)29-2)30-21(26)15-9-10-16(22)19(13-15)31(27,28)24-11-5-6-12-24/h3-4,7-10,13-14H,5-6,11-12H2,1-2H3,(H,23,25)/t14-/m0/s1. The molecule has 2 aromatic rings. The Morgan fingerprint density at radius 2 is 1.81 bits per heavy atom. The van der Waals surface area contributed by atoms with E-state index in [-0.39, 0.29) is 15.5 Å². The minimum absolute atomic E-state index is 0.0147. The van der Waals surface area contributed by atoms with Crippen LogP contribution in [0.25, 0.3) is 0 Å². The van der Waals surface area contributed by atoms with Crippen molar-refractivity contribution in [3.63, 3.8) is 0 Å². The molecule has 1 fully saturated rings. The molecule has 1 atom stereocenters. The first kappa shape index (κ1) is 23.1. The van der Waals surface area contributed by atoms with Gasteiger partial charge in [0.25, 0.3) is 5.91 Å². The van der Waals surface area contributed by atoms with Crippen LogP contribution in [0.4, 0.5) is 5.69 Å². The maximum Gasteiger partial charge on any atom is 0.338 e. The second-order valence-electron chi connectivity index (χ2n) is 6.99. The fraction of sp³-hybridized carbons (Fsp3) is 0.333. The summed E-state index contributed by atoms with van der Waals surface area (Å²) in [6, 6.07) is 10.7. The summed E-state index contributed by atoms with van der Waals surface area (Å²) in [7, 11) is -2.34. The van der Waals surface area contributed by atoms with Crippen molar-refractivity contribution in [1.29, 1.82) is 0 Å². The van der Waals surface area contributed by atoms with Gasteiger partial charge in [-0.3, -0.25) is 4.79 Å². The van der Waals surface area contributed by atoms with Gasteiger partial charge in [-0.05, 0) is 50.1 Å². The number of para-hydroxylation sites is 2. The number of esters is 1. The highest BCUT2D eigenvalue weighted by molar-refractivity contribution is 7.89. The Hall–Kier alpha value is -2.62. The Kier molecular flexibility index (Phi) is 7.19. The molecule has 1 aliphatic rings. The van der Waals surface area contributed by atoms with Gasteiger partial charge in [-0.2, -0.15) is 4.31 Å². The molecule has 0 aromatic heterocycles. The second-order valence-corrected chi connectivity index (χ2v) is 9.31. The number of hydrogen-bond acceptors (Lipinski definition) is 6. The quantitative estimate of drug-likeness (QED) is 0.628. The lowest BCUT2D eigenvalue weighted by Crippen LogP contribution is -2.30. The molecule has 0 spiro atoms. The number of anilines is 1. The lowest BCUT2D eigenvalue weighted by molar-refractivity contribution is -0.123. The highest BCUT2D eigenvalue weighted by Gasteiger charge is 2.30. The second kappa shape index (κ2) is 9.67. The summed E-state index contributed by atoms with van der Waals surface area (Å²) in [5.41, 5.74) is 0.419. The number of amides is 1. The number of benzene rings is 2. The van der Waals surface area contributed by atoms with Crippen LogP contribution in [0.3, 0.4) is 0 Å². The van der Waals surface area contributed by atoms with Crippen molar-refractivity contribution < 1.29 is 27.5 Å². The monoisotopic (exact) mass is 466 g/mol. The maximum absolute atomic E-state index is 12.8. The third-order valence-corrected chi connectivity index (χ3v) is 7.25. The Morgan fingerprint density at radius 1 is 1.13 bits per heavy atom. The first-order chi connectivity index (χ1) is 14.7. The highest BCUT2D eigenvalue weighted by atomic mass is 35.5. The zero-order valence-corrected chi connectivity index (χ0v) is 18.7. The summed E-state index contributed by atoms with van der Waals surface area (Å²) in [5, 5.41) is 2.65. The van der Waals surface area contributed by atoms with Crippen molar-refractivity contribution in [2.24, 2.45) is 0 Å². The Labute approximate surface area is 186 Å². The van der Waals surface area contributed by atoms with E-state index < -0.39 is 28.0 Å². The molecule has 1 amide bonds. The first-order valence-electron chi connectivity index (χ1n) is 9.68. The van der Waals surface area contributed by atoms with Crippen LogP contribution in [0.1, 0.15) is 30.1 Å². The predicted octanol–water partition coefficient (Wildman–Crippen LogP) is 3.32. The first-order valence-corrected chi connectivity index (χ1v) is 11.5. The number of sulfonamides is 1. The van der Waals surface area contributed by atoms with E-state index >= 15 is 0 Å². The molecule has 2 aromatic carbocycles. The summed E-state index contributed by atoms with van der Waals surface area (Å²) in [5.74, 6) is -0.933. The molecule has 1 N–H and O–H groups in total. The van der Waals surface area contributed by atoms with Gasteiger partial charge in [-0.15, -0.1) is 0 Å². The van der Waals surface area contributed by atoms with Crippen molar-refractivity contribution >= 4 is 39.2 Å². The molecular weight excluding hydrogens is 444 g/mol. The molecule has 1 heterocycles. The van der Waals surface area contributed by atoms with E-state index in [1.165, 1.54) is 36.5 Å². The summed E-state index contributed by atoms with van der Waals surface area (Å²) in [6.07, 6.45) is 0.418. The van der Waals surface area contributed by atoms with Crippen LogP contribution in [0, 0.1) is 0 Å². The van der Waals surface area contributed by atoms with Gasteiger partial charge in [-0.25, -0.2) is 13.2 Å². The number of carbonyl (C=O) groups excluding carboxylic acids is 2. The number of hydrogen-bond donors (Lipinski definition) is 1. The number of ether oxygens (including phenoxy) is 2. The topological polar surface area (TPSA) is 102 Å². The van der Waals surface area contributed by atoms with Crippen molar-refractivity contribution in [2.45, 2.75) is 30.8 Å². The van der Waals surface area contributed by atoms with Crippen LogP contribution in [-0.4, -0.2) is 50.9 Å². The number of nitrogens with one attached hydrogen (secondary N) is 1. The van der Waals surface area contributed by atoms with E-state index in [0.29, 0.717) is 24.5 Å². The van der Waals surface area contributed by atoms with Gasteiger partial charge in [0.2, 0.25) is 10.0 Å². The number of halogens is 1. The molecule has 1 saturated heterocycles. The van der Waals surface area contributed by atoms with E-state index in [9.17, 15) is 18.0 Å². The average Bonchev–Trinajstić information content (AvgIpc) is 3.30. The molecule has 8 nitrogen and oxygen atoms in total. The van der Waals surface area contributed by atoms with Crippen molar-refractivity contribution in [3.05, 3.63) is 53.1 Å². The zero-order chi connectivity index (χ0) is 22.6. The van der Waals surface area contributed by atoms with Gasteiger partial charge in [0.05, 0.1) is 23.4 Å². The summed E-state index contributed by atoms with van der Waals surface area (Å²) >= 11 is 6.10. The maximum atomic E-state index is 12.8. The van der Waals surface area contributed by atoms with E-state index in [0.717, 1.165) is 12.8 Å². The summed E-state index contributed by atoms with van der Waals surface area (Å²) < 4.78 is 37.4. The fourth-order valence-corrected chi connectivity index (χ4v) is 5.18. The number of nitrogens with zero attached hydrogens (tertiary/aromatic N) is 1. The van der Waals surface area contributed by atoms with E-state index in [2.05, 4.69) is 5.32 Å². The average molecular weight is 467 g/mol. The van der Waals surface area contributed by atoms with E-state index in [1.54, 1.807) is 24.3 Å². The molecule has 3 rings (SSSR count). The molecule has 166 valence electrons. The third kappa shape index (κ3) is 5.17. The Balaban J connectivity index is 1.73. The molecule has 0 aliphatic carbocycles. The predicted molar refractivity (Wildman–Crippen MR) is 116 cm³/mol. The lowest BCUT2D eigenvalue weighted by atomic mass is 10.2. The highest BCUT2D eigenvalue weighted by Crippen LogP contribution is 2.28. The fourth-order valence-electron chi connectivity index (χ4n) is 3.16. The van der Waals surface area contributed by atoms with Gasteiger partial charge in [0.15, 0.2) is 6.10 Å². The number of rotatable bonds is 7. The molecular formula is C21H23ClN2O6S. The van der Waals surface area contributed by atoms with Gasteiger partial charge >= 0.3 is 5.97 Å². The van der Waals surface area contributed by atoms with Gasteiger partial charge in [0, 0.05) is 13.1 Å². The minimum Gasteiger partial charge on any atom is -0.495 e. The smallest absolute Gasteiger partial charge is 0.338 e. The van der Waals surface area contributed by atoms with Crippen LogP contribution in [-0.2, 0) is 19.6 Å². The van der Waals surface area contributed by atoms with Crippen molar-refractivity contribution in [1.82, 2.24) is 4.31 Å². The van der Waals surface area contributed by atoms with E-state index in [1.807, 2.05) is 0 Å². The molecule has 0 unspecified atom stereocenters. The Morgan fingerprint density at radius 3 is 2.48 bits per heavy atom. The van der Waals surface area contributed by atoms with Crippen LogP contribution in [0.5, 0.6) is 5.75 Å². The molecule has 1 aliphatic heterocycles. The zero-order valence-electron chi connectivity index (χ0n) is 17.1. The van der Waals surface area contributed by atoms with Crippen LogP contribution in [0.15, 0.2) is 47.4 Å². The Bertz CT molecular complexity index is 1080. The SMILES string of the molecule is COc1ccccc1NC(=O)[C@H](C)OC(=O)c1ccc(Cl)c(S(=O)(=O)N2CCCC2)c1. The summed E-state index contributed by atoms with van der Waals surface area (Å²) in [6.45, 7) is 2.24. The van der Waals surface area contributed by atoms with E-state index in [4.69, 9.17) is 21.1 Å². The lowest BCUT2D eigenvalue weighted by Gasteiger charge is -2.18. The molecule has 0 bridgehead atoms. The van der Waals surface area contributed by atoms with Gasteiger partial charge < -0.3 is 14.8 Å². The largest absolute Gasteiger partial charge is 0.495 e. The summed E-state index contributed by atoms with van der Waals surface area (Å²) in [4.78, 5) is 24.8. The van der Waals surface area contributed by atoms with Gasteiger partial charge in [0.1, 0.15) is 10.6 Å². The third-order valence-electron chi connectivity index (χ3n) is 4.87. The number of carbonyl (C=O) groups is 2. The molecule has 10 heteroatoms. The van der Waals surface area contributed by atoms with Crippen molar-refractivity contribution in [3.8, 4) is 5.75 Å². The van der Waals surface area contributed by atoms with Crippen LogP contribution < -0.4 is 10.1 Å². The van der Waals surface area contributed by atoms with Crippen LogP contribution >= 0.6 is 11.6 Å².